The van der Waals surface area contributed by atoms with Crippen molar-refractivity contribution in [3.8, 4) is 11.2 Å². The van der Waals surface area contributed by atoms with E-state index in [1.807, 2.05) is 13.3 Å². The molecule has 0 aromatic rings. The van der Waals surface area contributed by atoms with Crippen LogP contribution in [-0.2, 0) is 4.74 Å². The Hall–Kier alpha value is -0.170. The first-order chi connectivity index (χ1) is 5.31. The minimum Gasteiger partial charge on any atom is -0.383 e. The van der Waals surface area contributed by atoms with Crippen LogP contribution in [0.25, 0.3) is 0 Å². The second-order valence-electron chi connectivity index (χ2n) is 2.21. The quantitative estimate of drug-likeness (QED) is 0.586. The van der Waals surface area contributed by atoms with Crippen LogP contribution in [0.3, 0.4) is 0 Å². The summed E-state index contributed by atoms with van der Waals surface area (Å²) in [6.07, 6.45) is 1.97. The van der Waals surface area contributed by atoms with Crippen LogP contribution in [0.1, 0.15) is 0 Å². The molecule has 0 spiro atoms. The molecule has 0 aliphatic heterocycles. The molecular formula is C8H15NOS. The molecule has 0 bridgehead atoms. The first kappa shape index (κ1) is 10.8. The first-order valence-corrected chi connectivity index (χ1v) is 4.72. The second-order valence-corrected chi connectivity index (χ2v) is 2.83. The molecule has 0 saturated carbocycles. The van der Waals surface area contributed by atoms with Crippen molar-refractivity contribution >= 4 is 11.8 Å². The molecule has 0 aliphatic rings. The van der Waals surface area contributed by atoms with Crippen LogP contribution in [0.15, 0.2) is 0 Å². The SMILES string of the molecule is COCCN(C)CC#CSC. The highest BCUT2D eigenvalue weighted by Crippen LogP contribution is 1.85. The van der Waals surface area contributed by atoms with Crippen molar-refractivity contribution in [2.24, 2.45) is 0 Å². The van der Waals surface area contributed by atoms with Gasteiger partial charge in [0.25, 0.3) is 0 Å². The Balaban J connectivity index is 3.28. The van der Waals surface area contributed by atoms with E-state index in [1.165, 1.54) is 0 Å². The average Bonchev–Trinajstić information content (AvgIpc) is 2.01. The zero-order valence-electron chi connectivity index (χ0n) is 7.39. The molecule has 0 fully saturated rings. The largest absolute Gasteiger partial charge is 0.383 e. The fraction of sp³-hybridized carbons (Fsp3) is 0.750. The van der Waals surface area contributed by atoms with Gasteiger partial charge in [-0.2, -0.15) is 0 Å². The highest BCUT2D eigenvalue weighted by Gasteiger charge is 1.92. The molecule has 2 nitrogen and oxygen atoms in total. The van der Waals surface area contributed by atoms with Gasteiger partial charge in [-0.25, -0.2) is 0 Å². The van der Waals surface area contributed by atoms with Crippen LogP contribution in [0.5, 0.6) is 0 Å². The summed E-state index contributed by atoms with van der Waals surface area (Å²) in [5, 5.41) is 2.94. The van der Waals surface area contributed by atoms with Crippen LogP contribution in [-0.4, -0.2) is 45.0 Å². The van der Waals surface area contributed by atoms with Crippen LogP contribution >= 0.6 is 11.8 Å². The molecule has 64 valence electrons. The van der Waals surface area contributed by atoms with Crippen LogP contribution in [0.4, 0.5) is 0 Å². The van der Waals surface area contributed by atoms with Crippen molar-refractivity contribution in [3.05, 3.63) is 0 Å². The monoisotopic (exact) mass is 173 g/mol. The lowest BCUT2D eigenvalue weighted by Gasteiger charge is -2.11. The Labute approximate surface area is 73.3 Å². The van der Waals surface area contributed by atoms with Crippen LogP contribution in [0, 0.1) is 11.2 Å². The standard InChI is InChI=1S/C8H15NOS/c1-9(6-7-10-2)5-4-8-11-3/h5-7H2,1-3H3. The molecule has 0 aromatic heterocycles. The van der Waals surface area contributed by atoms with Gasteiger partial charge in [0.1, 0.15) is 0 Å². The third-order valence-electron chi connectivity index (χ3n) is 1.20. The smallest absolute Gasteiger partial charge is 0.0608 e. The van der Waals surface area contributed by atoms with E-state index in [1.54, 1.807) is 18.9 Å². The molecule has 0 atom stereocenters. The highest BCUT2D eigenvalue weighted by atomic mass is 32.2. The van der Waals surface area contributed by atoms with E-state index >= 15 is 0 Å². The summed E-state index contributed by atoms with van der Waals surface area (Å²) in [4.78, 5) is 2.13. The lowest BCUT2D eigenvalue weighted by Crippen LogP contribution is -2.22. The predicted molar refractivity (Wildman–Crippen MR) is 50.7 cm³/mol. The number of thioether (sulfide) groups is 1. The molecule has 0 unspecified atom stereocenters. The summed E-state index contributed by atoms with van der Waals surface area (Å²) >= 11 is 1.55. The third-order valence-corrected chi connectivity index (χ3v) is 1.55. The molecule has 11 heavy (non-hydrogen) atoms. The molecule has 0 rings (SSSR count). The normalized spacial score (nSPS) is 9.45. The molecule has 3 heteroatoms. The Kier molecular flexibility index (Phi) is 7.81. The molecule has 0 amide bonds. The van der Waals surface area contributed by atoms with Crippen molar-refractivity contribution in [1.82, 2.24) is 4.90 Å². The maximum atomic E-state index is 4.92. The van der Waals surface area contributed by atoms with E-state index < -0.39 is 0 Å². The Morgan fingerprint density at radius 1 is 1.55 bits per heavy atom. The van der Waals surface area contributed by atoms with Gasteiger partial charge in [0.2, 0.25) is 0 Å². The number of methoxy groups -OCH3 is 1. The minimum atomic E-state index is 0.775. The van der Waals surface area contributed by atoms with Crippen molar-refractivity contribution in [3.63, 3.8) is 0 Å². The van der Waals surface area contributed by atoms with Gasteiger partial charge in [-0.1, -0.05) is 17.7 Å². The molecule has 0 saturated heterocycles. The van der Waals surface area contributed by atoms with Crippen molar-refractivity contribution < 1.29 is 4.74 Å². The maximum Gasteiger partial charge on any atom is 0.0608 e. The van der Waals surface area contributed by atoms with E-state index in [0.717, 1.165) is 19.7 Å². The fourth-order valence-electron chi connectivity index (χ4n) is 0.566. The summed E-state index contributed by atoms with van der Waals surface area (Å²) in [6, 6.07) is 0. The van der Waals surface area contributed by atoms with Crippen molar-refractivity contribution in [2.45, 2.75) is 0 Å². The number of nitrogens with zero attached hydrogens (tertiary/aromatic N) is 1. The second kappa shape index (κ2) is 7.93. The molecular weight excluding hydrogens is 158 g/mol. The van der Waals surface area contributed by atoms with E-state index in [-0.39, 0.29) is 0 Å². The first-order valence-electron chi connectivity index (χ1n) is 3.49. The third kappa shape index (κ3) is 7.73. The molecule has 0 heterocycles. The molecule has 0 aromatic carbocycles. The van der Waals surface area contributed by atoms with Gasteiger partial charge in [0.05, 0.1) is 13.2 Å². The number of hydrogen-bond acceptors (Lipinski definition) is 3. The van der Waals surface area contributed by atoms with Crippen LogP contribution < -0.4 is 0 Å². The Bertz CT molecular complexity index is 139. The lowest BCUT2D eigenvalue weighted by atomic mass is 10.5. The van der Waals surface area contributed by atoms with Gasteiger partial charge < -0.3 is 4.74 Å². The van der Waals surface area contributed by atoms with Crippen molar-refractivity contribution in [1.29, 1.82) is 0 Å². The number of hydrogen-bond donors (Lipinski definition) is 0. The minimum absolute atomic E-state index is 0.775. The summed E-state index contributed by atoms with van der Waals surface area (Å²) in [5.41, 5.74) is 0. The summed E-state index contributed by atoms with van der Waals surface area (Å²) < 4.78 is 4.92. The molecule has 0 N–H and O–H groups in total. The summed E-state index contributed by atoms with van der Waals surface area (Å²) in [6.45, 7) is 2.54. The predicted octanol–water partition coefficient (Wildman–Crippen LogP) is 0.889. The van der Waals surface area contributed by atoms with E-state index in [0.29, 0.717) is 0 Å². The molecule has 0 aliphatic carbocycles. The van der Waals surface area contributed by atoms with Gasteiger partial charge in [0.15, 0.2) is 0 Å². The number of rotatable bonds is 4. The highest BCUT2D eigenvalue weighted by molar-refractivity contribution is 8.03. The lowest BCUT2D eigenvalue weighted by molar-refractivity contribution is 0.167. The Morgan fingerprint density at radius 3 is 2.82 bits per heavy atom. The summed E-state index contributed by atoms with van der Waals surface area (Å²) in [5.74, 6) is 3.03. The molecule has 0 radical (unpaired) electrons. The van der Waals surface area contributed by atoms with E-state index in [2.05, 4.69) is 16.1 Å². The maximum absolute atomic E-state index is 4.92. The zero-order chi connectivity index (χ0) is 8.53. The van der Waals surface area contributed by atoms with E-state index in [4.69, 9.17) is 4.74 Å². The van der Waals surface area contributed by atoms with Crippen molar-refractivity contribution in [2.75, 3.05) is 40.1 Å². The van der Waals surface area contributed by atoms with Gasteiger partial charge in [0, 0.05) is 13.7 Å². The van der Waals surface area contributed by atoms with Crippen LogP contribution in [0.2, 0.25) is 0 Å². The van der Waals surface area contributed by atoms with Gasteiger partial charge >= 0.3 is 0 Å². The zero-order valence-corrected chi connectivity index (χ0v) is 8.20. The number of ether oxygens (including phenoxy) is 1. The van der Waals surface area contributed by atoms with Gasteiger partial charge in [-0.3, -0.25) is 4.90 Å². The Morgan fingerprint density at radius 2 is 2.27 bits per heavy atom. The summed E-state index contributed by atoms with van der Waals surface area (Å²) in [7, 11) is 3.75. The topological polar surface area (TPSA) is 12.5 Å². The number of likely N-dealkylation sites (N-methyl/N-ethyl adjacent to an activating group) is 1. The fourth-order valence-corrected chi connectivity index (χ4v) is 0.774. The van der Waals surface area contributed by atoms with Gasteiger partial charge in [-0.15, -0.1) is 0 Å². The average molecular weight is 173 g/mol. The van der Waals surface area contributed by atoms with E-state index in [9.17, 15) is 0 Å². The van der Waals surface area contributed by atoms with Gasteiger partial charge in [-0.05, 0) is 18.6 Å².